The van der Waals surface area contributed by atoms with Crippen LogP contribution in [0.15, 0.2) is 24.3 Å². The van der Waals surface area contributed by atoms with Crippen molar-refractivity contribution in [3.8, 4) is 0 Å². The Morgan fingerprint density at radius 2 is 1.95 bits per heavy atom. The van der Waals surface area contributed by atoms with Crippen molar-refractivity contribution in [2.45, 2.75) is 58.0 Å². The summed E-state index contributed by atoms with van der Waals surface area (Å²) in [5.74, 6) is 0.982. The van der Waals surface area contributed by atoms with Gasteiger partial charge in [0, 0.05) is 18.6 Å². The van der Waals surface area contributed by atoms with Crippen LogP contribution in [0.5, 0.6) is 0 Å². The molecule has 21 heavy (non-hydrogen) atoms. The molecule has 2 atom stereocenters. The first-order valence-corrected chi connectivity index (χ1v) is 8.88. The Hall–Kier alpha value is -0.860. The topological polar surface area (TPSA) is 15.3 Å². The summed E-state index contributed by atoms with van der Waals surface area (Å²) in [4.78, 5) is 2.79. The van der Waals surface area contributed by atoms with Gasteiger partial charge in [-0.3, -0.25) is 4.90 Å². The summed E-state index contributed by atoms with van der Waals surface area (Å²) in [5, 5.41) is 3.78. The van der Waals surface area contributed by atoms with E-state index < -0.39 is 0 Å². The van der Waals surface area contributed by atoms with Gasteiger partial charge in [-0.1, -0.05) is 38.1 Å². The van der Waals surface area contributed by atoms with Gasteiger partial charge in [0.25, 0.3) is 0 Å². The largest absolute Gasteiger partial charge is 0.309 e. The van der Waals surface area contributed by atoms with E-state index in [2.05, 4.69) is 48.3 Å². The monoisotopic (exact) mass is 286 g/mol. The molecule has 0 saturated heterocycles. The molecule has 0 amide bonds. The number of benzene rings is 1. The van der Waals surface area contributed by atoms with Gasteiger partial charge in [0.05, 0.1) is 0 Å². The first-order valence-electron chi connectivity index (χ1n) is 8.88. The Morgan fingerprint density at radius 3 is 2.67 bits per heavy atom. The number of hydrogen-bond donors (Lipinski definition) is 1. The molecule has 0 heterocycles. The molecule has 1 fully saturated rings. The summed E-state index contributed by atoms with van der Waals surface area (Å²) in [6.07, 6.45) is 6.73. The molecule has 0 radical (unpaired) electrons. The zero-order valence-electron chi connectivity index (χ0n) is 13.6. The van der Waals surface area contributed by atoms with Gasteiger partial charge in [-0.15, -0.1) is 0 Å². The van der Waals surface area contributed by atoms with E-state index >= 15 is 0 Å². The average Bonchev–Trinajstić information content (AvgIpc) is 3.32. The first kappa shape index (κ1) is 15.1. The molecule has 1 aromatic carbocycles. The summed E-state index contributed by atoms with van der Waals surface area (Å²) >= 11 is 0. The van der Waals surface area contributed by atoms with Gasteiger partial charge in [-0.2, -0.15) is 0 Å². The Morgan fingerprint density at radius 1 is 1.14 bits per heavy atom. The standard InChI is InChI=1S/C19H30N2/c1-3-13-21(14-15-9-10-15)18-12-11-16-7-5-6-8-17(16)19(18)20-4-2/h5-8,15,18-20H,3-4,9-14H2,1-2H3. The minimum absolute atomic E-state index is 0.519. The molecule has 0 bridgehead atoms. The second-order valence-electron chi connectivity index (χ2n) is 6.78. The van der Waals surface area contributed by atoms with Crippen LogP contribution in [0.4, 0.5) is 0 Å². The fourth-order valence-corrected chi connectivity index (χ4v) is 3.91. The summed E-state index contributed by atoms with van der Waals surface area (Å²) < 4.78 is 0. The molecule has 2 aliphatic carbocycles. The number of aryl methyl sites for hydroxylation is 1. The molecule has 2 unspecified atom stereocenters. The van der Waals surface area contributed by atoms with Gasteiger partial charge < -0.3 is 5.32 Å². The van der Waals surface area contributed by atoms with E-state index in [1.165, 1.54) is 45.2 Å². The lowest BCUT2D eigenvalue weighted by molar-refractivity contribution is 0.134. The van der Waals surface area contributed by atoms with E-state index in [9.17, 15) is 0 Å². The van der Waals surface area contributed by atoms with Gasteiger partial charge in [0.15, 0.2) is 0 Å². The van der Waals surface area contributed by atoms with Crippen LogP contribution < -0.4 is 5.32 Å². The number of hydrogen-bond acceptors (Lipinski definition) is 2. The number of rotatable bonds is 7. The molecule has 2 heteroatoms. The van der Waals surface area contributed by atoms with Crippen LogP contribution >= 0.6 is 0 Å². The van der Waals surface area contributed by atoms with Crippen molar-refractivity contribution in [1.82, 2.24) is 10.2 Å². The summed E-state index contributed by atoms with van der Waals surface area (Å²) in [7, 11) is 0. The molecule has 3 rings (SSSR count). The van der Waals surface area contributed by atoms with Crippen LogP contribution in [0.3, 0.4) is 0 Å². The maximum absolute atomic E-state index is 3.78. The Balaban J connectivity index is 1.82. The van der Waals surface area contributed by atoms with Gasteiger partial charge in [-0.25, -0.2) is 0 Å². The Kier molecular flexibility index (Phi) is 4.97. The van der Waals surface area contributed by atoms with Crippen LogP contribution in [0.1, 0.15) is 56.7 Å². The van der Waals surface area contributed by atoms with E-state index in [1.54, 1.807) is 11.1 Å². The van der Waals surface area contributed by atoms with Crippen molar-refractivity contribution in [3.63, 3.8) is 0 Å². The molecule has 0 aromatic heterocycles. The number of nitrogens with one attached hydrogen (secondary N) is 1. The van der Waals surface area contributed by atoms with Gasteiger partial charge >= 0.3 is 0 Å². The Labute approximate surface area is 129 Å². The molecular weight excluding hydrogens is 256 g/mol. The van der Waals surface area contributed by atoms with Gasteiger partial charge in [0.1, 0.15) is 0 Å². The van der Waals surface area contributed by atoms with Crippen molar-refractivity contribution >= 4 is 0 Å². The molecule has 1 saturated carbocycles. The van der Waals surface area contributed by atoms with Crippen LogP contribution in [-0.2, 0) is 6.42 Å². The van der Waals surface area contributed by atoms with E-state index in [4.69, 9.17) is 0 Å². The second kappa shape index (κ2) is 6.93. The van der Waals surface area contributed by atoms with Crippen LogP contribution in [0, 0.1) is 5.92 Å². The fraction of sp³-hybridized carbons (Fsp3) is 0.684. The van der Waals surface area contributed by atoms with Gasteiger partial charge in [-0.05, 0) is 62.2 Å². The van der Waals surface area contributed by atoms with Crippen LogP contribution in [0.2, 0.25) is 0 Å². The third-order valence-corrected chi connectivity index (χ3v) is 5.08. The number of likely N-dealkylation sites (N-methyl/N-ethyl adjacent to an activating group) is 1. The molecule has 0 aliphatic heterocycles. The average molecular weight is 286 g/mol. The highest BCUT2D eigenvalue weighted by molar-refractivity contribution is 5.34. The van der Waals surface area contributed by atoms with E-state index in [1.807, 2.05) is 0 Å². The SMILES string of the molecule is CCCN(CC1CC1)C1CCc2ccccc2C1NCC. The predicted molar refractivity (Wildman–Crippen MR) is 89.6 cm³/mol. The Bertz CT molecular complexity index is 453. The lowest BCUT2D eigenvalue weighted by Gasteiger charge is -2.41. The van der Waals surface area contributed by atoms with Crippen molar-refractivity contribution in [2.75, 3.05) is 19.6 Å². The van der Waals surface area contributed by atoms with Crippen LogP contribution in [0.25, 0.3) is 0 Å². The number of nitrogens with zero attached hydrogens (tertiary/aromatic N) is 1. The smallest absolute Gasteiger partial charge is 0.0480 e. The zero-order chi connectivity index (χ0) is 14.7. The van der Waals surface area contributed by atoms with Crippen molar-refractivity contribution in [2.24, 2.45) is 5.92 Å². The lowest BCUT2D eigenvalue weighted by Crippen LogP contribution is -2.48. The highest BCUT2D eigenvalue weighted by Gasteiger charge is 2.35. The highest BCUT2D eigenvalue weighted by Crippen LogP contribution is 2.36. The first-order chi connectivity index (χ1) is 10.3. The molecular formula is C19H30N2. The predicted octanol–water partition coefficient (Wildman–Crippen LogP) is 3.77. The zero-order valence-corrected chi connectivity index (χ0v) is 13.6. The minimum atomic E-state index is 0.519. The summed E-state index contributed by atoms with van der Waals surface area (Å²) in [6.45, 7) is 8.19. The molecule has 1 N–H and O–H groups in total. The second-order valence-corrected chi connectivity index (χ2v) is 6.78. The highest BCUT2D eigenvalue weighted by atomic mass is 15.2. The third kappa shape index (κ3) is 3.49. The van der Waals surface area contributed by atoms with Crippen molar-refractivity contribution in [1.29, 1.82) is 0 Å². The molecule has 116 valence electrons. The van der Waals surface area contributed by atoms with E-state index in [0.29, 0.717) is 12.1 Å². The quantitative estimate of drug-likeness (QED) is 0.821. The van der Waals surface area contributed by atoms with Crippen molar-refractivity contribution < 1.29 is 0 Å². The van der Waals surface area contributed by atoms with Crippen molar-refractivity contribution in [3.05, 3.63) is 35.4 Å². The third-order valence-electron chi connectivity index (χ3n) is 5.08. The summed E-state index contributed by atoms with van der Waals surface area (Å²) in [6, 6.07) is 10.3. The summed E-state index contributed by atoms with van der Waals surface area (Å²) in [5.41, 5.74) is 3.11. The molecule has 0 spiro atoms. The molecule has 2 aliphatic rings. The fourth-order valence-electron chi connectivity index (χ4n) is 3.91. The van der Waals surface area contributed by atoms with Crippen LogP contribution in [-0.4, -0.2) is 30.6 Å². The minimum Gasteiger partial charge on any atom is -0.309 e. The molecule has 1 aromatic rings. The normalized spacial score (nSPS) is 25.1. The lowest BCUT2D eigenvalue weighted by atomic mass is 9.83. The van der Waals surface area contributed by atoms with E-state index in [-0.39, 0.29) is 0 Å². The maximum Gasteiger partial charge on any atom is 0.0480 e. The van der Waals surface area contributed by atoms with Gasteiger partial charge in [0.2, 0.25) is 0 Å². The molecule has 2 nitrogen and oxygen atoms in total. The van der Waals surface area contributed by atoms with E-state index in [0.717, 1.165) is 12.5 Å². The number of fused-ring (bicyclic) bond motifs is 1. The maximum atomic E-state index is 3.78.